The molecule has 0 unspecified atom stereocenters. The van der Waals surface area contributed by atoms with E-state index >= 15 is 0 Å². The van der Waals surface area contributed by atoms with Crippen molar-refractivity contribution in [2.75, 3.05) is 46.3 Å². The van der Waals surface area contributed by atoms with Crippen molar-refractivity contribution in [1.82, 2.24) is 29.5 Å². The van der Waals surface area contributed by atoms with Crippen LogP contribution in [0.25, 0.3) is 28.2 Å². The fraction of sp³-hybridized carbons (Fsp3) is 0.464. The highest BCUT2D eigenvalue weighted by Gasteiger charge is 2.27. The Morgan fingerprint density at radius 2 is 1.74 bits per heavy atom. The third-order valence-corrected chi connectivity index (χ3v) is 7.89. The predicted octanol–water partition coefficient (Wildman–Crippen LogP) is 4.58. The van der Waals surface area contributed by atoms with E-state index in [1.807, 2.05) is 23.1 Å². The van der Waals surface area contributed by atoms with E-state index in [-0.39, 0.29) is 0 Å². The number of nitrogens with zero attached hydrogens (tertiary/aromatic N) is 7. The van der Waals surface area contributed by atoms with Crippen LogP contribution in [0.5, 0.6) is 0 Å². The first-order valence-electron chi connectivity index (χ1n) is 12.7. The van der Waals surface area contributed by atoms with Crippen LogP contribution in [0, 0.1) is 13.8 Å². The molecule has 0 amide bonds. The number of pyridine rings is 1. The SMILES string of the molecule is C=Nc1c(-c2ccnc3cc(C)c(C)cc23)cnn1/C=C(\C)N1CCC(N2CCN(C)CC2)CC1. The standard InChI is InChI=1S/C28H37N7/c1-20-16-25-24(6-9-30-27(25)17-21(20)2)26-18-31-35(28(26)29-4)19-22(3)33-10-7-23(8-11-33)34-14-12-32(5)13-15-34/h6,9,16-19,23H,4,7-8,10-15H2,1-3,5H3/b22-19+. The van der Waals surface area contributed by atoms with Crippen LogP contribution in [-0.4, -0.2) is 88.5 Å². The number of aromatic nitrogens is 3. The second kappa shape index (κ2) is 9.91. The van der Waals surface area contributed by atoms with Gasteiger partial charge in [-0.25, -0.2) is 9.67 Å². The van der Waals surface area contributed by atoms with Gasteiger partial charge in [0.05, 0.1) is 11.7 Å². The van der Waals surface area contributed by atoms with Crippen LogP contribution in [-0.2, 0) is 0 Å². The molecule has 35 heavy (non-hydrogen) atoms. The Balaban J connectivity index is 1.35. The fourth-order valence-electron chi connectivity index (χ4n) is 5.47. The van der Waals surface area contributed by atoms with Gasteiger partial charge in [-0.2, -0.15) is 5.10 Å². The van der Waals surface area contributed by atoms with Gasteiger partial charge in [-0.05, 0) is 82.3 Å². The first-order chi connectivity index (χ1) is 16.9. The first-order valence-corrected chi connectivity index (χ1v) is 12.7. The summed E-state index contributed by atoms with van der Waals surface area (Å²) in [5.41, 5.74) is 6.77. The molecule has 184 valence electrons. The molecule has 0 aliphatic carbocycles. The maximum absolute atomic E-state index is 4.69. The zero-order valence-electron chi connectivity index (χ0n) is 21.5. The van der Waals surface area contributed by atoms with E-state index in [0.29, 0.717) is 6.04 Å². The van der Waals surface area contributed by atoms with E-state index in [9.17, 15) is 0 Å². The molecular formula is C28H37N7. The summed E-state index contributed by atoms with van der Waals surface area (Å²) in [7, 11) is 2.22. The number of benzene rings is 1. The van der Waals surface area contributed by atoms with Crippen molar-refractivity contribution < 1.29 is 0 Å². The van der Waals surface area contributed by atoms with Crippen LogP contribution in [0.3, 0.4) is 0 Å². The molecule has 0 atom stereocenters. The number of rotatable bonds is 5. The molecule has 2 aliphatic rings. The third-order valence-electron chi connectivity index (χ3n) is 7.89. The molecule has 0 radical (unpaired) electrons. The van der Waals surface area contributed by atoms with Gasteiger partial charge in [-0.15, -0.1) is 0 Å². The van der Waals surface area contributed by atoms with E-state index in [4.69, 9.17) is 0 Å². The number of hydrogen-bond donors (Lipinski definition) is 0. The number of fused-ring (bicyclic) bond motifs is 1. The Kier molecular flexibility index (Phi) is 6.71. The summed E-state index contributed by atoms with van der Waals surface area (Å²) in [6.45, 7) is 17.2. The summed E-state index contributed by atoms with van der Waals surface area (Å²) >= 11 is 0. The van der Waals surface area contributed by atoms with Gasteiger partial charge in [0.2, 0.25) is 0 Å². The van der Waals surface area contributed by atoms with E-state index in [2.05, 4.69) is 82.6 Å². The molecule has 1 aromatic carbocycles. The van der Waals surface area contributed by atoms with Crippen LogP contribution in [0.4, 0.5) is 5.82 Å². The number of likely N-dealkylation sites (N-methyl/N-ethyl adjacent to an activating group) is 1. The van der Waals surface area contributed by atoms with Crippen molar-refractivity contribution in [3.8, 4) is 11.1 Å². The second-order valence-electron chi connectivity index (χ2n) is 10.1. The molecule has 4 heterocycles. The van der Waals surface area contributed by atoms with Crippen LogP contribution < -0.4 is 0 Å². The zero-order valence-corrected chi connectivity index (χ0v) is 21.5. The van der Waals surface area contributed by atoms with Crippen LogP contribution in [0.15, 0.2) is 41.3 Å². The number of aryl methyl sites for hydroxylation is 2. The molecule has 0 bridgehead atoms. The fourth-order valence-corrected chi connectivity index (χ4v) is 5.47. The first kappa shape index (κ1) is 23.7. The highest BCUT2D eigenvalue weighted by atomic mass is 15.3. The van der Waals surface area contributed by atoms with Crippen molar-refractivity contribution in [2.24, 2.45) is 4.99 Å². The molecular weight excluding hydrogens is 434 g/mol. The lowest BCUT2D eigenvalue weighted by Gasteiger charge is -2.42. The monoisotopic (exact) mass is 471 g/mol. The van der Waals surface area contributed by atoms with Crippen LogP contribution >= 0.6 is 0 Å². The minimum atomic E-state index is 0.710. The average molecular weight is 472 g/mol. The summed E-state index contributed by atoms with van der Waals surface area (Å²) in [5.74, 6) is 0.766. The predicted molar refractivity (Wildman–Crippen MR) is 145 cm³/mol. The summed E-state index contributed by atoms with van der Waals surface area (Å²) in [6, 6.07) is 7.12. The number of piperidine rings is 1. The lowest BCUT2D eigenvalue weighted by Crippen LogP contribution is -2.52. The molecule has 2 fully saturated rings. The minimum absolute atomic E-state index is 0.710. The topological polar surface area (TPSA) is 52.8 Å². The molecule has 0 saturated carbocycles. The van der Waals surface area contributed by atoms with Gasteiger partial charge in [0.1, 0.15) is 0 Å². The Bertz CT molecular complexity index is 1240. The second-order valence-corrected chi connectivity index (χ2v) is 10.1. The quantitative estimate of drug-likeness (QED) is 0.510. The number of allylic oxidation sites excluding steroid dienone is 1. The smallest absolute Gasteiger partial charge is 0.162 e. The molecule has 2 aromatic heterocycles. The molecule has 0 N–H and O–H groups in total. The van der Waals surface area contributed by atoms with Gasteiger partial charge >= 0.3 is 0 Å². The van der Waals surface area contributed by atoms with Gasteiger partial charge in [0.15, 0.2) is 5.82 Å². The Labute approximate surface area is 208 Å². The molecule has 0 spiro atoms. The highest BCUT2D eigenvalue weighted by Crippen LogP contribution is 2.35. The molecule has 5 rings (SSSR count). The molecule has 3 aromatic rings. The molecule has 2 aliphatic heterocycles. The maximum Gasteiger partial charge on any atom is 0.162 e. The highest BCUT2D eigenvalue weighted by molar-refractivity contribution is 5.97. The van der Waals surface area contributed by atoms with Gasteiger partial charge < -0.3 is 9.80 Å². The summed E-state index contributed by atoms with van der Waals surface area (Å²) in [6.07, 6.45) is 8.29. The van der Waals surface area contributed by atoms with Crippen molar-refractivity contribution >= 4 is 29.6 Å². The van der Waals surface area contributed by atoms with E-state index in [1.54, 1.807) is 0 Å². The number of hydrogen-bond acceptors (Lipinski definition) is 6. The zero-order chi connectivity index (χ0) is 24.5. The Morgan fingerprint density at radius 3 is 2.46 bits per heavy atom. The summed E-state index contributed by atoms with van der Waals surface area (Å²) in [4.78, 5) is 16.6. The molecule has 7 nitrogen and oxygen atoms in total. The van der Waals surface area contributed by atoms with Gasteiger partial charge in [0.25, 0.3) is 0 Å². The minimum Gasteiger partial charge on any atom is -0.374 e. The summed E-state index contributed by atoms with van der Waals surface area (Å²) < 4.78 is 1.87. The van der Waals surface area contributed by atoms with E-state index in [1.165, 1.54) is 55.8 Å². The number of aliphatic imine (C=N–C) groups is 1. The van der Waals surface area contributed by atoms with Crippen LogP contribution in [0.1, 0.15) is 30.9 Å². The van der Waals surface area contributed by atoms with Crippen molar-refractivity contribution in [1.29, 1.82) is 0 Å². The molecule has 2 saturated heterocycles. The van der Waals surface area contributed by atoms with Gasteiger partial charge in [-0.3, -0.25) is 9.88 Å². The normalized spacial score (nSPS) is 19.0. The third kappa shape index (κ3) is 4.75. The van der Waals surface area contributed by atoms with Gasteiger partial charge in [-0.1, -0.05) is 0 Å². The number of piperazine rings is 1. The Hall–Kier alpha value is -3.03. The Morgan fingerprint density at radius 1 is 1.03 bits per heavy atom. The van der Waals surface area contributed by atoms with Crippen molar-refractivity contribution in [2.45, 2.75) is 39.7 Å². The lowest BCUT2D eigenvalue weighted by atomic mass is 9.99. The number of likely N-dealkylation sites (tertiary alicyclic amines) is 1. The van der Waals surface area contributed by atoms with Crippen LogP contribution in [0.2, 0.25) is 0 Å². The maximum atomic E-state index is 4.69. The largest absolute Gasteiger partial charge is 0.374 e. The van der Waals surface area contributed by atoms with Gasteiger partial charge in [0, 0.05) is 74.4 Å². The molecule has 7 heteroatoms. The average Bonchev–Trinajstić information content (AvgIpc) is 3.27. The van der Waals surface area contributed by atoms with E-state index in [0.717, 1.165) is 40.9 Å². The van der Waals surface area contributed by atoms with Crippen molar-refractivity contribution in [3.05, 3.63) is 47.4 Å². The summed E-state index contributed by atoms with van der Waals surface area (Å²) in [5, 5.41) is 5.80. The lowest BCUT2D eigenvalue weighted by molar-refractivity contribution is 0.0759. The van der Waals surface area contributed by atoms with E-state index < -0.39 is 0 Å². The van der Waals surface area contributed by atoms with Crippen molar-refractivity contribution in [3.63, 3.8) is 0 Å².